The molecule has 23 nitrogen and oxygen atoms in total. The van der Waals surface area contributed by atoms with Crippen molar-refractivity contribution in [2.75, 3.05) is 36.0 Å². The van der Waals surface area contributed by atoms with Gasteiger partial charge in [-0.1, -0.05) is 240 Å². The molecule has 15 rings (SSSR count). The van der Waals surface area contributed by atoms with Gasteiger partial charge in [-0.25, -0.2) is 44.9 Å². The Balaban J connectivity index is 0.000000209. The molecule has 0 aliphatic rings. The number of anilines is 2. The highest BCUT2D eigenvalue weighted by atomic mass is 79.9. The van der Waals surface area contributed by atoms with Crippen molar-refractivity contribution < 1.29 is 9.90 Å². The van der Waals surface area contributed by atoms with Gasteiger partial charge in [0.25, 0.3) is 0 Å². The minimum atomic E-state index is -0.558. The molecule has 0 aliphatic heterocycles. The fourth-order valence-electron chi connectivity index (χ4n) is 18.7. The molecule has 15 aromatic rings. The Hall–Kier alpha value is -8.76. The molecule has 14 aromatic heterocycles. The van der Waals surface area contributed by atoms with E-state index < -0.39 is 6.10 Å². The maximum absolute atomic E-state index is 12.0. The van der Waals surface area contributed by atoms with Crippen LogP contribution in [0.4, 0.5) is 11.6 Å². The Kier molecular flexibility index (Phi) is 49.6. The molecule has 33 heteroatoms. The number of ketones is 1. The van der Waals surface area contributed by atoms with E-state index >= 15 is 0 Å². The van der Waals surface area contributed by atoms with Crippen molar-refractivity contribution in [1.29, 1.82) is 0 Å². The van der Waals surface area contributed by atoms with Gasteiger partial charge in [0.15, 0.2) is 28.4 Å². The Labute approximate surface area is 919 Å². The number of fused-ring (bicyclic) bond motifs is 5. The lowest BCUT2D eigenvalue weighted by molar-refractivity contribution is 0.0913. The van der Waals surface area contributed by atoms with E-state index in [0.29, 0.717) is 81.9 Å². The second-order valence-electron chi connectivity index (χ2n) is 36.5. The zero-order valence-corrected chi connectivity index (χ0v) is 99.1. The number of aromatic nitrogens is 19. The van der Waals surface area contributed by atoms with Gasteiger partial charge in [-0.05, 0) is 279 Å². The lowest BCUT2D eigenvalue weighted by atomic mass is 9.92. The predicted octanol–water partition coefficient (Wildman–Crippen LogP) is 33.8. The maximum Gasteiger partial charge on any atom is 0.169 e. The lowest BCUT2D eigenvalue weighted by Gasteiger charge is -2.21. The monoisotopic (exact) mass is 2230 g/mol. The van der Waals surface area contributed by atoms with Crippen LogP contribution >= 0.6 is 120 Å². The smallest absolute Gasteiger partial charge is 0.169 e. The highest BCUT2D eigenvalue weighted by Crippen LogP contribution is 2.42. The Morgan fingerprint density at radius 1 is 0.349 bits per heavy atom. The molecule has 14 heterocycles. The number of carbonyl (C=O) groups is 1. The molecule has 146 heavy (non-hydrogen) atoms. The number of carbonyl (C=O) groups excluding carboxylic acids is 1. The number of hydrogen-bond acceptors (Lipinski definition) is 18. The van der Waals surface area contributed by atoms with Crippen LogP contribution in [0.25, 0.3) is 77.4 Å². The van der Waals surface area contributed by atoms with Gasteiger partial charge in [-0.3, -0.25) is 28.2 Å². The van der Waals surface area contributed by atoms with Gasteiger partial charge in [0, 0.05) is 153 Å². The van der Waals surface area contributed by atoms with Crippen LogP contribution in [0.5, 0.6) is 0 Å². The first-order valence-corrected chi connectivity index (χ1v) is 56.1. The molecule has 0 aliphatic carbocycles. The number of aliphatic hydroxyl groups is 1. The normalized spacial score (nSPS) is 11.5. The second kappa shape index (κ2) is 59.2. The molecule has 1 unspecified atom stereocenters. The van der Waals surface area contributed by atoms with E-state index in [4.69, 9.17) is 130 Å². The van der Waals surface area contributed by atoms with Gasteiger partial charge in [0.2, 0.25) is 0 Å². The summed E-state index contributed by atoms with van der Waals surface area (Å²) in [6.45, 7) is 53.6. The van der Waals surface area contributed by atoms with Crippen molar-refractivity contribution in [2.24, 2.45) is 47.1 Å². The number of pyridine rings is 9. The summed E-state index contributed by atoms with van der Waals surface area (Å²) in [4.78, 5) is 55.8. The summed E-state index contributed by atoms with van der Waals surface area (Å²) >= 11 is 55.4. The Morgan fingerprint density at radius 2 is 0.719 bits per heavy atom. The van der Waals surface area contributed by atoms with Gasteiger partial charge in [-0.2, -0.15) is 25.5 Å². The molecule has 0 radical (unpaired) electrons. The topological polar surface area (TPSA) is 249 Å². The summed E-state index contributed by atoms with van der Waals surface area (Å²) < 4.78 is 10.3. The first kappa shape index (κ1) is 122. The Morgan fingerprint density at radius 3 is 1.14 bits per heavy atom. The van der Waals surface area contributed by atoms with Gasteiger partial charge in [0.05, 0.1) is 55.8 Å². The van der Waals surface area contributed by atoms with Crippen molar-refractivity contribution in [2.45, 2.75) is 298 Å². The zero-order chi connectivity index (χ0) is 108. The second-order valence-corrected chi connectivity index (χ2v) is 40.8. The predicted molar refractivity (Wildman–Crippen MR) is 621 cm³/mol. The summed E-state index contributed by atoms with van der Waals surface area (Å²) in [5.74, 6) is 4.89. The molecule has 1 atom stereocenters. The summed E-state index contributed by atoms with van der Waals surface area (Å²) in [5.41, 5.74) is 22.5. The first-order chi connectivity index (χ1) is 69.8. The highest BCUT2D eigenvalue weighted by molar-refractivity contribution is 9.10. The third-order valence-electron chi connectivity index (χ3n) is 27.7. The van der Waals surface area contributed by atoms with Crippen LogP contribution in [0.15, 0.2) is 114 Å². The van der Waals surface area contributed by atoms with Crippen molar-refractivity contribution in [3.63, 3.8) is 0 Å². The van der Waals surface area contributed by atoms with Crippen LogP contribution in [0.3, 0.4) is 0 Å². The number of rotatable bonds is 33. The average molecular weight is 2230 g/mol. The van der Waals surface area contributed by atoms with E-state index in [1.165, 1.54) is 61.1 Å². The number of aryl methyl sites for hydroxylation is 10. The minimum Gasteiger partial charge on any atom is -0.388 e. The summed E-state index contributed by atoms with van der Waals surface area (Å²) in [5, 5.41) is 43.0. The molecular weight excluding hydrogens is 2080 g/mol. The molecular formula is C113H151BrCl9N21O2. The van der Waals surface area contributed by atoms with Crippen LogP contribution < -0.4 is 9.80 Å². The van der Waals surface area contributed by atoms with Crippen LogP contribution in [-0.2, 0) is 48.1 Å². The van der Waals surface area contributed by atoms with Crippen LogP contribution in [0, 0.1) is 32.6 Å². The number of nitrogens with zero attached hydrogens (tertiary/aromatic N) is 21. The number of halogens is 10. The number of hydrogen-bond donors (Lipinski definition) is 1. The summed E-state index contributed by atoms with van der Waals surface area (Å²) in [6, 6.07) is 31.1. The maximum atomic E-state index is 12.0. The van der Waals surface area contributed by atoms with E-state index in [9.17, 15) is 9.90 Å². The fourth-order valence-corrected chi connectivity index (χ4v) is 20.7. The molecule has 0 amide bonds. The van der Waals surface area contributed by atoms with Crippen molar-refractivity contribution >= 4 is 193 Å². The summed E-state index contributed by atoms with van der Waals surface area (Å²) in [6.07, 6.45) is 19.9. The average Bonchev–Trinajstić information content (AvgIpc) is 1.55. The molecule has 1 N–H and O–H groups in total. The van der Waals surface area contributed by atoms with Crippen LogP contribution in [-0.4, -0.2) is 131 Å². The van der Waals surface area contributed by atoms with E-state index in [2.05, 4.69) is 264 Å². The standard InChI is InChI=1S/C25H36N4.C24H35N5.C13H18ClN3.C12H15BrClN3.C12H16ClN3.C11H15Cl2NO.C11H13Cl2NO.C5H3Cl2N/c1-8-18(9-2)25-21-13-17(6)20(15-23(21)28(7)27-25)22-16-26-24(14-19(22)10-3)29(11-4)12-5;1-8-17(9-2)23-19-13-16(6)22(26-24(19)28(7)27-23)20-15-25-21(14-18(20)10-3)29(11-4)12-5;1-5-9(6-2)11-10-7-8(3)12(14)15-13(10)17(4)16-11;1-4-7(5-2)10-8-6-9(13)11(14)15-12(8)17(3)16-10;1-4-8(5-2)11-9-6-7-10(13)14-12(9)16(3)15-11;2*1-3-7(4-2)10(15)8-5-6-9(12)14-11(8)13;6-4-2-1-3-5(7)8-4/h13-16,18H,8-12H2,1-7H3;13-15,17H,8-12H2,1-7H3;7,9H,5-6H2,1-4H3;6-7H,4-5H2,1-3H3;6-8H,4-5H2,1-3H3;5-7,10,15H,3-4H2,1-2H3;5-7H,3-4H2,1-2H3;1-3H. The first-order valence-electron chi connectivity index (χ1n) is 51.9. The molecule has 0 bridgehead atoms. The number of benzene rings is 1. The minimum absolute atomic E-state index is 0.0190. The third-order valence-corrected chi connectivity index (χ3v) is 30.9. The van der Waals surface area contributed by atoms with Crippen LogP contribution in [0.1, 0.15) is 336 Å². The van der Waals surface area contributed by atoms with Crippen molar-refractivity contribution in [3.05, 3.63) is 228 Å². The number of Topliss-reactive ketones (excluding diaryl/α,β-unsaturated/α-hetero) is 1. The van der Waals surface area contributed by atoms with E-state index in [0.717, 1.165) is 218 Å². The van der Waals surface area contributed by atoms with Crippen molar-refractivity contribution in [3.8, 4) is 22.4 Å². The van der Waals surface area contributed by atoms with E-state index in [-0.39, 0.29) is 22.8 Å². The van der Waals surface area contributed by atoms with Crippen molar-refractivity contribution in [1.82, 2.24) is 93.8 Å². The quantitative estimate of drug-likeness (QED) is 0.0296. The molecule has 790 valence electrons. The van der Waals surface area contributed by atoms with Gasteiger partial charge in [0.1, 0.15) is 58.0 Å². The largest absolute Gasteiger partial charge is 0.388 e. The fraction of sp³-hybridized carbons (Fsp3) is 0.496. The van der Waals surface area contributed by atoms with Gasteiger partial charge in [-0.15, -0.1) is 0 Å². The Bertz CT molecular complexity index is 6460. The SMILES string of the molecule is CCC(CC)C(=O)c1ccc(Cl)nc1Cl.CCC(CC)C(O)c1ccc(Cl)nc1Cl.CCC(CC)c1nn(C)c2nc(Cl)c(Br)cc12.CCC(CC)c1nn(C)c2nc(Cl)c(C)cc12.CCC(CC)c1nn(C)c2nc(Cl)ccc12.CCc1cc(N(CC)CC)ncc1-c1cc2c(cc1C)c(C(CC)CC)nn2C.CCc1cc(N(CC)CC)ncc1-c1nc2c(cc1C)c(C(CC)CC)nn2C.Clc1cccc(Cl)n1. The number of aliphatic hydroxyl groups excluding tert-OH is 1. The van der Waals surface area contributed by atoms with E-state index in [1.54, 1.807) is 47.1 Å². The van der Waals surface area contributed by atoms with Gasteiger partial charge < -0.3 is 14.9 Å². The molecule has 0 spiro atoms. The molecule has 1 aromatic carbocycles. The van der Waals surface area contributed by atoms with Gasteiger partial charge >= 0.3 is 0 Å². The summed E-state index contributed by atoms with van der Waals surface area (Å²) in [7, 11) is 9.81. The molecule has 0 saturated heterocycles. The highest BCUT2D eigenvalue weighted by Gasteiger charge is 2.28. The molecule has 0 saturated carbocycles. The lowest BCUT2D eigenvalue weighted by Crippen LogP contribution is -2.23. The van der Waals surface area contributed by atoms with Crippen LogP contribution in [0.2, 0.25) is 46.4 Å². The van der Waals surface area contributed by atoms with E-state index in [1.807, 2.05) is 87.4 Å². The third kappa shape index (κ3) is 30.6. The molecule has 0 fully saturated rings. The zero-order valence-electron chi connectivity index (χ0n) is 90.7.